The van der Waals surface area contributed by atoms with Crippen LogP contribution >= 0.6 is 0 Å². The molecule has 0 spiro atoms. The lowest BCUT2D eigenvalue weighted by Crippen LogP contribution is -2.51. The van der Waals surface area contributed by atoms with Gasteiger partial charge in [0, 0.05) is 38.4 Å². The zero-order chi connectivity index (χ0) is 17.0. The molecule has 128 valence electrons. The fourth-order valence-electron chi connectivity index (χ4n) is 2.79. The normalized spacial score (nSPS) is 17.2. The molecule has 0 N–H and O–H groups in total. The minimum Gasteiger partial charge on any atom is -0.312 e. The van der Waals surface area contributed by atoms with Crippen molar-refractivity contribution < 1.29 is 13.2 Å². The van der Waals surface area contributed by atoms with Crippen molar-refractivity contribution in [2.24, 2.45) is 0 Å². The lowest BCUT2D eigenvalue weighted by molar-refractivity contribution is -0.120. The van der Waals surface area contributed by atoms with E-state index in [0.717, 1.165) is 11.3 Å². The summed E-state index contributed by atoms with van der Waals surface area (Å²) in [4.78, 5) is 16.4. The SMILES string of the molecule is CCN(C(=O)CN1CCN(S(C)(=O)=O)CC1)c1cccc(C)c1. The molecule has 2 rings (SSSR count). The molecule has 0 unspecified atom stereocenters. The number of piperazine rings is 1. The van der Waals surface area contributed by atoms with Gasteiger partial charge in [-0.2, -0.15) is 4.31 Å². The van der Waals surface area contributed by atoms with Gasteiger partial charge in [0.2, 0.25) is 15.9 Å². The Morgan fingerprint density at radius 3 is 2.39 bits per heavy atom. The topological polar surface area (TPSA) is 60.9 Å². The maximum Gasteiger partial charge on any atom is 0.241 e. The third-order valence-electron chi connectivity index (χ3n) is 4.09. The Balaban J connectivity index is 1.96. The van der Waals surface area contributed by atoms with E-state index in [9.17, 15) is 13.2 Å². The molecule has 1 aliphatic rings. The number of carbonyl (C=O) groups is 1. The third kappa shape index (κ3) is 4.76. The van der Waals surface area contributed by atoms with Crippen molar-refractivity contribution in [1.29, 1.82) is 0 Å². The van der Waals surface area contributed by atoms with Gasteiger partial charge < -0.3 is 4.90 Å². The van der Waals surface area contributed by atoms with Crippen LogP contribution in [0.1, 0.15) is 12.5 Å². The number of aryl methyl sites for hydroxylation is 1. The largest absolute Gasteiger partial charge is 0.312 e. The smallest absolute Gasteiger partial charge is 0.241 e. The van der Waals surface area contributed by atoms with Crippen LogP contribution in [0, 0.1) is 6.92 Å². The average Bonchev–Trinajstić information content (AvgIpc) is 2.47. The summed E-state index contributed by atoms with van der Waals surface area (Å²) in [7, 11) is -3.14. The van der Waals surface area contributed by atoms with Crippen molar-refractivity contribution >= 4 is 21.6 Å². The Morgan fingerprint density at radius 2 is 1.87 bits per heavy atom. The molecule has 0 aromatic heterocycles. The number of nitrogens with zero attached hydrogens (tertiary/aromatic N) is 3. The van der Waals surface area contributed by atoms with E-state index in [1.807, 2.05) is 43.0 Å². The van der Waals surface area contributed by atoms with E-state index >= 15 is 0 Å². The van der Waals surface area contributed by atoms with E-state index in [-0.39, 0.29) is 5.91 Å². The highest BCUT2D eigenvalue weighted by Crippen LogP contribution is 2.16. The predicted molar refractivity (Wildman–Crippen MR) is 92.1 cm³/mol. The maximum absolute atomic E-state index is 12.6. The first-order valence-electron chi connectivity index (χ1n) is 7.85. The van der Waals surface area contributed by atoms with Gasteiger partial charge in [-0.15, -0.1) is 0 Å². The maximum atomic E-state index is 12.6. The van der Waals surface area contributed by atoms with Gasteiger partial charge in [0.1, 0.15) is 0 Å². The Labute approximate surface area is 138 Å². The number of hydrogen-bond acceptors (Lipinski definition) is 4. The summed E-state index contributed by atoms with van der Waals surface area (Å²) in [6.07, 6.45) is 1.23. The molecule has 23 heavy (non-hydrogen) atoms. The fourth-order valence-corrected chi connectivity index (χ4v) is 3.62. The van der Waals surface area contributed by atoms with E-state index in [1.165, 1.54) is 10.6 Å². The van der Waals surface area contributed by atoms with E-state index in [4.69, 9.17) is 0 Å². The number of sulfonamides is 1. The van der Waals surface area contributed by atoms with Crippen molar-refractivity contribution in [1.82, 2.24) is 9.21 Å². The number of rotatable bonds is 5. The van der Waals surface area contributed by atoms with E-state index < -0.39 is 10.0 Å². The molecule has 1 saturated heterocycles. The molecule has 1 aliphatic heterocycles. The Hall–Kier alpha value is -1.44. The zero-order valence-electron chi connectivity index (χ0n) is 14.0. The molecule has 1 aromatic rings. The minimum atomic E-state index is -3.14. The van der Waals surface area contributed by atoms with Crippen molar-refractivity contribution in [3.05, 3.63) is 29.8 Å². The molecule has 6 nitrogen and oxygen atoms in total. The Kier molecular flexibility index (Phi) is 5.78. The summed E-state index contributed by atoms with van der Waals surface area (Å²) >= 11 is 0. The third-order valence-corrected chi connectivity index (χ3v) is 5.39. The number of carbonyl (C=O) groups excluding carboxylic acids is 1. The second-order valence-corrected chi connectivity index (χ2v) is 7.90. The van der Waals surface area contributed by atoms with Gasteiger partial charge in [-0.05, 0) is 31.5 Å². The van der Waals surface area contributed by atoms with Crippen LogP contribution < -0.4 is 4.90 Å². The molecular weight excluding hydrogens is 314 g/mol. The lowest BCUT2D eigenvalue weighted by Gasteiger charge is -2.34. The minimum absolute atomic E-state index is 0.0471. The van der Waals surface area contributed by atoms with Gasteiger partial charge in [-0.3, -0.25) is 9.69 Å². The van der Waals surface area contributed by atoms with Gasteiger partial charge in [0.25, 0.3) is 0 Å². The molecule has 0 aliphatic carbocycles. The monoisotopic (exact) mass is 339 g/mol. The molecule has 1 fully saturated rings. The molecule has 0 saturated carbocycles. The van der Waals surface area contributed by atoms with Crippen LogP contribution in [0.15, 0.2) is 24.3 Å². The van der Waals surface area contributed by atoms with Gasteiger partial charge in [0.05, 0.1) is 12.8 Å². The van der Waals surface area contributed by atoms with Gasteiger partial charge in [-0.25, -0.2) is 8.42 Å². The molecule has 1 amide bonds. The summed E-state index contributed by atoms with van der Waals surface area (Å²) in [5.74, 6) is 0.0471. The van der Waals surface area contributed by atoms with E-state index in [0.29, 0.717) is 39.3 Å². The first-order chi connectivity index (χ1) is 10.8. The van der Waals surface area contributed by atoms with Crippen LogP contribution in [0.3, 0.4) is 0 Å². The van der Waals surface area contributed by atoms with Crippen LogP contribution in [0.5, 0.6) is 0 Å². The predicted octanol–water partition coefficient (Wildman–Crippen LogP) is 0.925. The summed E-state index contributed by atoms with van der Waals surface area (Å²) in [6.45, 7) is 6.97. The quantitative estimate of drug-likeness (QED) is 0.800. The molecule has 0 radical (unpaired) electrons. The van der Waals surface area contributed by atoms with Crippen LogP contribution in [0.25, 0.3) is 0 Å². The first kappa shape index (κ1) is 17.9. The molecule has 0 bridgehead atoms. The lowest BCUT2D eigenvalue weighted by atomic mass is 10.2. The average molecular weight is 339 g/mol. The molecular formula is C16H25N3O3S. The highest BCUT2D eigenvalue weighted by molar-refractivity contribution is 7.88. The van der Waals surface area contributed by atoms with Crippen LogP contribution in [-0.4, -0.2) is 69.1 Å². The molecule has 0 atom stereocenters. The van der Waals surface area contributed by atoms with E-state index in [1.54, 1.807) is 4.90 Å². The summed E-state index contributed by atoms with van der Waals surface area (Å²) < 4.78 is 24.5. The van der Waals surface area contributed by atoms with Crippen molar-refractivity contribution in [3.8, 4) is 0 Å². The summed E-state index contributed by atoms with van der Waals surface area (Å²) in [6, 6.07) is 7.90. The molecule has 1 heterocycles. The van der Waals surface area contributed by atoms with Crippen molar-refractivity contribution in [2.45, 2.75) is 13.8 Å². The molecule has 1 aromatic carbocycles. The summed E-state index contributed by atoms with van der Waals surface area (Å²) in [5, 5.41) is 0. The fraction of sp³-hybridized carbons (Fsp3) is 0.562. The number of amides is 1. The number of benzene rings is 1. The van der Waals surface area contributed by atoms with Gasteiger partial charge in [0.15, 0.2) is 0 Å². The Bertz CT molecular complexity index is 652. The van der Waals surface area contributed by atoms with E-state index in [2.05, 4.69) is 0 Å². The second kappa shape index (κ2) is 7.42. The zero-order valence-corrected chi connectivity index (χ0v) is 14.8. The van der Waals surface area contributed by atoms with Crippen molar-refractivity contribution in [2.75, 3.05) is 50.4 Å². The Morgan fingerprint density at radius 1 is 1.22 bits per heavy atom. The highest BCUT2D eigenvalue weighted by Gasteiger charge is 2.25. The van der Waals surface area contributed by atoms with Crippen molar-refractivity contribution in [3.63, 3.8) is 0 Å². The number of likely N-dealkylation sites (N-methyl/N-ethyl adjacent to an activating group) is 1. The summed E-state index contributed by atoms with van der Waals surface area (Å²) in [5.41, 5.74) is 2.03. The second-order valence-electron chi connectivity index (χ2n) is 5.92. The standard InChI is InChI=1S/C16H25N3O3S/c1-4-19(15-7-5-6-14(2)12-15)16(20)13-17-8-10-18(11-9-17)23(3,21)22/h5-7,12H,4,8-11,13H2,1-3H3. The first-order valence-corrected chi connectivity index (χ1v) is 9.70. The number of anilines is 1. The highest BCUT2D eigenvalue weighted by atomic mass is 32.2. The van der Waals surface area contributed by atoms with Gasteiger partial charge in [-0.1, -0.05) is 12.1 Å². The van der Waals surface area contributed by atoms with Crippen LogP contribution in [0.4, 0.5) is 5.69 Å². The number of hydrogen-bond donors (Lipinski definition) is 0. The van der Waals surface area contributed by atoms with Crippen LogP contribution in [-0.2, 0) is 14.8 Å². The van der Waals surface area contributed by atoms with Gasteiger partial charge >= 0.3 is 0 Å². The van der Waals surface area contributed by atoms with Crippen LogP contribution in [0.2, 0.25) is 0 Å². The molecule has 7 heteroatoms.